The second-order valence-corrected chi connectivity index (χ2v) is 2.82. The van der Waals surface area contributed by atoms with Gasteiger partial charge in [-0.3, -0.25) is 4.79 Å². The number of nitrogens with two attached hydrogens (primary N) is 1. The number of ether oxygens (including phenoxy) is 1. The van der Waals surface area contributed by atoms with Gasteiger partial charge in [0.2, 0.25) is 0 Å². The molecule has 0 spiro atoms. The van der Waals surface area contributed by atoms with E-state index in [0.717, 1.165) is 12.8 Å². The summed E-state index contributed by atoms with van der Waals surface area (Å²) in [5.74, 6) is -0.314. The van der Waals surface area contributed by atoms with Crippen molar-refractivity contribution in [2.45, 2.75) is 45.8 Å². The molecule has 2 N–H and O–H groups in total. The van der Waals surface area contributed by atoms with E-state index in [-0.39, 0.29) is 12.1 Å². The highest BCUT2D eigenvalue weighted by Crippen LogP contribution is 2.01. The van der Waals surface area contributed by atoms with Gasteiger partial charge in [0, 0.05) is 0 Å². The Morgan fingerprint density at radius 1 is 1.55 bits per heavy atom. The molecule has 0 aliphatic heterocycles. The van der Waals surface area contributed by atoms with E-state index in [1.165, 1.54) is 0 Å². The Kier molecular flexibility index (Phi) is 4.86. The summed E-state index contributed by atoms with van der Waals surface area (Å²) < 4.78 is 4.99. The molecule has 0 aromatic rings. The molecule has 0 saturated heterocycles. The second-order valence-electron chi connectivity index (χ2n) is 2.82. The van der Waals surface area contributed by atoms with Gasteiger partial charge in [-0.2, -0.15) is 0 Å². The van der Waals surface area contributed by atoms with Crippen LogP contribution in [0.4, 0.5) is 0 Å². The minimum absolute atomic E-state index is 0.00139. The molecule has 0 rings (SSSR count). The van der Waals surface area contributed by atoms with Gasteiger partial charge in [-0.15, -0.1) is 0 Å². The smallest absolute Gasteiger partial charge is 0.322 e. The standard InChI is InChI=1S/C8H17NO2/c1-4-5-6(2)11-8(10)7(3)9/h6-7H,4-5,9H2,1-3H3/t6-,7?/m0/s1. The van der Waals surface area contributed by atoms with Crippen molar-refractivity contribution in [3.63, 3.8) is 0 Å². The SMILES string of the molecule is CCC[C@H](C)OC(=O)C(C)N. The number of esters is 1. The van der Waals surface area contributed by atoms with Gasteiger partial charge in [0.25, 0.3) is 0 Å². The van der Waals surface area contributed by atoms with Crippen LogP contribution >= 0.6 is 0 Å². The fourth-order valence-corrected chi connectivity index (χ4v) is 0.771. The van der Waals surface area contributed by atoms with E-state index in [2.05, 4.69) is 6.92 Å². The molecule has 11 heavy (non-hydrogen) atoms. The first kappa shape index (κ1) is 10.4. The highest BCUT2D eigenvalue weighted by atomic mass is 16.5. The first-order chi connectivity index (χ1) is 5.07. The lowest BCUT2D eigenvalue weighted by molar-refractivity contribution is -0.149. The Labute approximate surface area is 67.9 Å². The number of hydrogen-bond donors (Lipinski definition) is 1. The minimum atomic E-state index is -0.505. The Morgan fingerprint density at radius 3 is 2.45 bits per heavy atom. The first-order valence-corrected chi connectivity index (χ1v) is 4.04. The maximum atomic E-state index is 10.9. The third kappa shape index (κ3) is 4.79. The maximum Gasteiger partial charge on any atom is 0.322 e. The molecule has 0 aliphatic rings. The molecule has 0 bridgehead atoms. The van der Waals surface area contributed by atoms with Gasteiger partial charge in [0.1, 0.15) is 6.04 Å². The summed E-state index contributed by atoms with van der Waals surface area (Å²) in [5.41, 5.74) is 5.31. The van der Waals surface area contributed by atoms with E-state index < -0.39 is 6.04 Å². The van der Waals surface area contributed by atoms with Crippen molar-refractivity contribution in [2.24, 2.45) is 5.73 Å². The van der Waals surface area contributed by atoms with Crippen LogP contribution in [-0.4, -0.2) is 18.1 Å². The largest absolute Gasteiger partial charge is 0.462 e. The molecule has 0 aliphatic carbocycles. The van der Waals surface area contributed by atoms with Crippen LogP contribution in [0.2, 0.25) is 0 Å². The highest BCUT2D eigenvalue weighted by Gasteiger charge is 2.11. The summed E-state index contributed by atoms with van der Waals surface area (Å²) >= 11 is 0. The Morgan fingerprint density at radius 2 is 2.09 bits per heavy atom. The molecule has 66 valence electrons. The lowest BCUT2D eigenvalue weighted by Gasteiger charge is -2.13. The highest BCUT2D eigenvalue weighted by molar-refractivity contribution is 5.75. The molecule has 0 amide bonds. The van der Waals surface area contributed by atoms with Gasteiger partial charge in [-0.1, -0.05) is 13.3 Å². The van der Waals surface area contributed by atoms with Crippen molar-refractivity contribution in [3.8, 4) is 0 Å². The molecule has 3 heteroatoms. The van der Waals surface area contributed by atoms with Gasteiger partial charge in [-0.05, 0) is 20.3 Å². The molecular weight excluding hydrogens is 142 g/mol. The van der Waals surface area contributed by atoms with Crippen LogP contribution in [0.1, 0.15) is 33.6 Å². The normalized spacial score (nSPS) is 15.6. The van der Waals surface area contributed by atoms with Crippen molar-refractivity contribution in [2.75, 3.05) is 0 Å². The zero-order valence-corrected chi connectivity index (χ0v) is 7.46. The summed E-state index contributed by atoms with van der Waals surface area (Å²) in [6, 6.07) is -0.505. The van der Waals surface area contributed by atoms with Crippen molar-refractivity contribution < 1.29 is 9.53 Å². The Hall–Kier alpha value is -0.570. The third-order valence-electron chi connectivity index (χ3n) is 1.38. The summed E-state index contributed by atoms with van der Waals surface area (Å²) in [5, 5.41) is 0. The van der Waals surface area contributed by atoms with Crippen molar-refractivity contribution >= 4 is 5.97 Å². The zero-order valence-electron chi connectivity index (χ0n) is 7.46. The molecule has 0 radical (unpaired) electrons. The van der Waals surface area contributed by atoms with Crippen LogP contribution in [0.5, 0.6) is 0 Å². The monoisotopic (exact) mass is 159 g/mol. The number of hydrogen-bond acceptors (Lipinski definition) is 3. The van der Waals surface area contributed by atoms with E-state index in [4.69, 9.17) is 10.5 Å². The fraction of sp³-hybridized carbons (Fsp3) is 0.875. The molecule has 0 saturated carbocycles. The van der Waals surface area contributed by atoms with Gasteiger partial charge in [0.05, 0.1) is 6.10 Å². The van der Waals surface area contributed by atoms with Crippen molar-refractivity contribution in [1.29, 1.82) is 0 Å². The summed E-state index contributed by atoms with van der Waals surface area (Å²) in [6.45, 7) is 5.56. The predicted octanol–water partition coefficient (Wildman–Crippen LogP) is 1.07. The minimum Gasteiger partial charge on any atom is -0.462 e. The number of carbonyl (C=O) groups is 1. The van der Waals surface area contributed by atoms with Crippen LogP contribution < -0.4 is 5.73 Å². The average molecular weight is 159 g/mol. The van der Waals surface area contributed by atoms with Crippen LogP contribution in [0, 0.1) is 0 Å². The van der Waals surface area contributed by atoms with E-state index in [1.54, 1.807) is 6.92 Å². The summed E-state index contributed by atoms with van der Waals surface area (Å²) in [4.78, 5) is 10.9. The van der Waals surface area contributed by atoms with Crippen LogP contribution in [-0.2, 0) is 9.53 Å². The van der Waals surface area contributed by atoms with E-state index >= 15 is 0 Å². The number of rotatable bonds is 4. The zero-order chi connectivity index (χ0) is 8.85. The van der Waals surface area contributed by atoms with E-state index in [1.807, 2.05) is 6.92 Å². The van der Waals surface area contributed by atoms with Crippen molar-refractivity contribution in [3.05, 3.63) is 0 Å². The quantitative estimate of drug-likeness (QED) is 0.624. The van der Waals surface area contributed by atoms with Crippen LogP contribution in [0.25, 0.3) is 0 Å². The van der Waals surface area contributed by atoms with Crippen LogP contribution in [0.3, 0.4) is 0 Å². The average Bonchev–Trinajstić information content (AvgIpc) is 1.87. The summed E-state index contributed by atoms with van der Waals surface area (Å²) in [7, 11) is 0. The molecule has 0 aromatic heterocycles. The topological polar surface area (TPSA) is 52.3 Å². The predicted molar refractivity (Wildman–Crippen MR) is 44.1 cm³/mol. The van der Waals surface area contributed by atoms with Gasteiger partial charge in [-0.25, -0.2) is 0 Å². The van der Waals surface area contributed by atoms with Gasteiger partial charge >= 0.3 is 5.97 Å². The third-order valence-corrected chi connectivity index (χ3v) is 1.38. The summed E-state index contributed by atoms with van der Waals surface area (Å²) in [6.07, 6.45) is 1.92. The lowest BCUT2D eigenvalue weighted by Crippen LogP contribution is -2.31. The van der Waals surface area contributed by atoms with Crippen LogP contribution in [0.15, 0.2) is 0 Å². The molecular formula is C8H17NO2. The lowest BCUT2D eigenvalue weighted by atomic mass is 10.2. The molecule has 2 atom stereocenters. The van der Waals surface area contributed by atoms with Crippen molar-refractivity contribution in [1.82, 2.24) is 0 Å². The molecule has 0 fully saturated rings. The maximum absolute atomic E-state index is 10.9. The molecule has 0 aromatic carbocycles. The Bertz CT molecular complexity index is 123. The van der Waals surface area contributed by atoms with Gasteiger partial charge in [0.15, 0.2) is 0 Å². The second kappa shape index (κ2) is 5.13. The van der Waals surface area contributed by atoms with E-state index in [9.17, 15) is 4.79 Å². The molecule has 3 nitrogen and oxygen atoms in total. The molecule has 1 unspecified atom stereocenters. The first-order valence-electron chi connectivity index (χ1n) is 4.04. The van der Waals surface area contributed by atoms with E-state index in [0.29, 0.717) is 0 Å². The molecule has 0 heterocycles. The fourth-order valence-electron chi connectivity index (χ4n) is 0.771. The van der Waals surface area contributed by atoms with Gasteiger partial charge < -0.3 is 10.5 Å². The number of carbonyl (C=O) groups excluding carboxylic acids is 1. The Balaban J connectivity index is 3.57.